The van der Waals surface area contributed by atoms with Crippen LogP contribution in [0.4, 0.5) is 5.69 Å². The molecule has 1 aromatic carbocycles. The summed E-state index contributed by atoms with van der Waals surface area (Å²) in [4.78, 5) is 2.51. The van der Waals surface area contributed by atoms with Gasteiger partial charge in [0.05, 0.1) is 0 Å². The summed E-state index contributed by atoms with van der Waals surface area (Å²) in [7, 11) is 0. The van der Waals surface area contributed by atoms with E-state index in [9.17, 15) is 0 Å². The van der Waals surface area contributed by atoms with Gasteiger partial charge < -0.3 is 10.2 Å². The van der Waals surface area contributed by atoms with Gasteiger partial charge in [-0.2, -0.15) is 0 Å². The predicted molar refractivity (Wildman–Crippen MR) is 84.1 cm³/mol. The second-order valence-corrected chi connectivity index (χ2v) is 6.81. The molecule has 2 nitrogen and oxygen atoms in total. The van der Waals surface area contributed by atoms with Crippen molar-refractivity contribution in [2.45, 2.75) is 58.7 Å². The molecule has 106 valence electrons. The van der Waals surface area contributed by atoms with Crippen LogP contribution in [0.5, 0.6) is 0 Å². The van der Waals surface area contributed by atoms with Crippen LogP contribution in [-0.2, 0) is 6.54 Å². The molecule has 2 rings (SSSR count). The van der Waals surface area contributed by atoms with E-state index in [1.165, 1.54) is 24.1 Å². The second kappa shape index (κ2) is 5.72. The van der Waals surface area contributed by atoms with Gasteiger partial charge in [0.15, 0.2) is 0 Å². The van der Waals surface area contributed by atoms with Crippen LogP contribution in [0.1, 0.15) is 46.1 Å². The summed E-state index contributed by atoms with van der Waals surface area (Å²) >= 11 is 6.20. The molecule has 0 aromatic heterocycles. The Morgan fingerprint density at radius 3 is 2.68 bits per heavy atom. The molecule has 0 saturated carbocycles. The monoisotopic (exact) mass is 280 g/mol. The maximum Gasteiger partial charge on any atom is 0.0431 e. The van der Waals surface area contributed by atoms with Crippen molar-refractivity contribution in [2.75, 3.05) is 11.4 Å². The third-order valence-electron chi connectivity index (χ3n) is 3.94. The Kier molecular flexibility index (Phi) is 4.42. The molecule has 19 heavy (non-hydrogen) atoms. The zero-order valence-electron chi connectivity index (χ0n) is 12.5. The lowest BCUT2D eigenvalue weighted by atomic mass is 10.0. The Morgan fingerprint density at radius 2 is 2.11 bits per heavy atom. The van der Waals surface area contributed by atoms with E-state index in [2.05, 4.69) is 50.0 Å². The summed E-state index contributed by atoms with van der Waals surface area (Å²) < 4.78 is 0. The number of anilines is 1. The van der Waals surface area contributed by atoms with Crippen molar-refractivity contribution in [3.05, 3.63) is 28.8 Å². The van der Waals surface area contributed by atoms with Crippen LogP contribution >= 0.6 is 11.6 Å². The first-order chi connectivity index (χ1) is 8.90. The van der Waals surface area contributed by atoms with Crippen LogP contribution in [0.25, 0.3) is 0 Å². The normalized spacial score (nSPS) is 18.3. The number of hydrogen-bond donors (Lipinski definition) is 1. The molecule has 1 aliphatic heterocycles. The highest BCUT2D eigenvalue weighted by Crippen LogP contribution is 2.36. The van der Waals surface area contributed by atoms with Crippen molar-refractivity contribution >= 4 is 17.3 Å². The van der Waals surface area contributed by atoms with E-state index >= 15 is 0 Å². The second-order valence-electron chi connectivity index (χ2n) is 6.38. The molecular formula is C16H25ClN2. The lowest BCUT2D eigenvalue weighted by molar-refractivity contribution is 0.514. The van der Waals surface area contributed by atoms with Gasteiger partial charge in [-0.15, -0.1) is 0 Å². The molecule has 1 N–H and O–H groups in total. The Balaban J connectivity index is 2.29. The van der Waals surface area contributed by atoms with E-state index in [-0.39, 0.29) is 5.54 Å². The number of halogens is 1. The standard InChI is InChI=1S/C16H25ClN2/c1-12(2)18-11-13-6-7-14(17)10-15(13)19-9-5-8-16(19,3)4/h6-7,10,12,18H,5,8-9,11H2,1-4H3. The molecule has 0 amide bonds. The van der Waals surface area contributed by atoms with Crippen molar-refractivity contribution in [2.24, 2.45) is 0 Å². The average molecular weight is 281 g/mol. The molecular weight excluding hydrogens is 256 g/mol. The zero-order valence-corrected chi connectivity index (χ0v) is 13.2. The fourth-order valence-corrected chi connectivity index (χ4v) is 2.97. The van der Waals surface area contributed by atoms with Crippen molar-refractivity contribution in [3.63, 3.8) is 0 Å². The van der Waals surface area contributed by atoms with Crippen molar-refractivity contribution in [1.29, 1.82) is 0 Å². The quantitative estimate of drug-likeness (QED) is 0.888. The zero-order chi connectivity index (χ0) is 14.0. The number of benzene rings is 1. The van der Waals surface area contributed by atoms with E-state index in [1.807, 2.05) is 6.07 Å². The van der Waals surface area contributed by atoms with Crippen LogP contribution in [0.2, 0.25) is 5.02 Å². The molecule has 0 unspecified atom stereocenters. The smallest absolute Gasteiger partial charge is 0.0431 e. The maximum atomic E-state index is 6.20. The van der Waals surface area contributed by atoms with Gasteiger partial charge in [-0.05, 0) is 44.4 Å². The molecule has 0 radical (unpaired) electrons. The highest BCUT2D eigenvalue weighted by atomic mass is 35.5. The molecule has 0 atom stereocenters. The van der Waals surface area contributed by atoms with Gasteiger partial charge in [-0.3, -0.25) is 0 Å². The summed E-state index contributed by atoms with van der Waals surface area (Å²) in [6.07, 6.45) is 2.51. The lowest BCUT2D eigenvalue weighted by Crippen LogP contribution is -2.39. The van der Waals surface area contributed by atoms with Crippen molar-refractivity contribution in [1.82, 2.24) is 5.32 Å². The largest absolute Gasteiger partial charge is 0.366 e. The fraction of sp³-hybridized carbons (Fsp3) is 0.625. The molecule has 0 spiro atoms. The van der Waals surface area contributed by atoms with E-state index in [4.69, 9.17) is 11.6 Å². The van der Waals surface area contributed by atoms with Gasteiger partial charge in [0.1, 0.15) is 0 Å². The van der Waals surface area contributed by atoms with Crippen molar-refractivity contribution in [3.8, 4) is 0 Å². The van der Waals surface area contributed by atoms with Gasteiger partial charge in [0.25, 0.3) is 0 Å². The first-order valence-corrected chi connectivity index (χ1v) is 7.57. The molecule has 1 aromatic rings. The molecule has 1 fully saturated rings. The SMILES string of the molecule is CC(C)NCc1ccc(Cl)cc1N1CCCC1(C)C. The molecule has 3 heteroatoms. The highest BCUT2D eigenvalue weighted by molar-refractivity contribution is 6.30. The molecule has 0 aliphatic carbocycles. The van der Waals surface area contributed by atoms with E-state index < -0.39 is 0 Å². The van der Waals surface area contributed by atoms with Gasteiger partial charge in [0.2, 0.25) is 0 Å². The third kappa shape index (κ3) is 3.43. The average Bonchev–Trinajstić information content (AvgIpc) is 2.67. The van der Waals surface area contributed by atoms with Crippen LogP contribution in [0.15, 0.2) is 18.2 Å². The number of rotatable bonds is 4. The van der Waals surface area contributed by atoms with Gasteiger partial charge in [-0.1, -0.05) is 31.5 Å². The number of nitrogens with one attached hydrogen (secondary N) is 1. The first-order valence-electron chi connectivity index (χ1n) is 7.19. The summed E-state index contributed by atoms with van der Waals surface area (Å²) in [5.74, 6) is 0. The van der Waals surface area contributed by atoms with Crippen molar-refractivity contribution < 1.29 is 0 Å². The minimum Gasteiger partial charge on any atom is -0.366 e. The van der Waals surface area contributed by atoms with E-state index in [0.717, 1.165) is 18.1 Å². The molecule has 1 heterocycles. The molecule has 1 aliphatic rings. The minimum atomic E-state index is 0.233. The highest BCUT2D eigenvalue weighted by Gasteiger charge is 2.33. The molecule has 1 saturated heterocycles. The summed E-state index contributed by atoms with van der Waals surface area (Å²) in [6.45, 7) is 11.0. The topological polar surface area (TPSA) is 15.3 Å². The Bertz CT molecular complexity index is 440. The van der Waals surface area contributed by atoms with Crippen LogP contribution in [0.3, 0.4) is 0 Å². The Hall–Kier alpha value is -0.730. The number of nitrogens with zero attached hydrogens (tertiary/aromatic N) is 1. The summed E-state index contributed by atoms with van der Waals surface area (Å²) in [6, 6.07) is 6.76. The van der Waals surface area contributed by atoms with Crippen LogP contribution in [0, 0.1) is 0 Å². The summed E-state index contributed by atoms with van der Waals surface area (Å²) in [5, 5.41) is 4.33. The lowest BCUT2D eigenvalue weighted by Gasteiger charge is -2.35. The van der Waals surface area contributed by atoms with E-state index in [1.54, 1.807) is 0 Å². The van der Waals surface area contributed by atoms with Crippen LogP contribution < -0.4 is 10.2 Å². The summed E-state index contributed by atoms with van der Waals surface area (Å²) in [5.41, 5.74) is 2.87. The van der Waals surface area contributed by atoms with E-state index in [0.29, 0.717) is 6.04 Å². The number of hydrogen-bond acceptors (Lipinski definition) is 2. The van der Waals surface area contributed by atoms with Gasteiger partial charge in [0, 0.05) is 35.4 Å². The predicted octanol–water partition coefficient (Wildman–Crippen LogP) is 4.22. The van der Waals surface area contributed by atoms with Crippen LogP contribution in [-0.4, -0.2) is 18.1 Å². The van der Waals surface area contributed by atoms with Gasteiger partial charge in [-0.25, -0.2) is 0 Å². The van der Waals surface area contributed by atoms with Gasteiger partial charge >= 0.3 is 0 Å². The third-order valence-corrected chi connectivity index (χ3v) is 4.17. The Morgan fingerprint density at radius 1 is 1.37 bits per heavy atom. The fourth-order valence-electron chi connectivity index (χ4n) is 2.81. The Labute approximate surface area is 122 Å². The maximum absolute atomic E-state index is 6.20. The minimum absolute atomic E-state index is 0.233. The first kappa shape index (κ1) is 14.7. The molecule has 0 bridgehead atoms.